The third-order valence-electron chi connectivity index (χ3n) is 2.26. The number of carbonyl (C=O) groups is 1. The molecule has 0 bridgehead atoms. The van der Waals surface area contributed by atoms with Crippen LogP contribution in [0.2, 0.25) is 0 Å². The van der Waals surface area contributed by atoms with E-state index >= 15 is 0 Å². The molecule has 1 saturated carbocycles. The Bertz CT molecular complexity index is 184. The monoisotopic (exact) mass is 168 g/mol. The number of unbranched alkanes of at least 4 members (excludes halogenated alkanes) is 2. The smallest absolute Gasteiger partial charge is 0.307 e. The zero-order valence-electron chi connectivity index (χ0n) is 7.49. The maximum Gasteiger partial charge on any atom is 0.307 e. The van der Waals surface area contributed by atoms with E-state index in [1.807, 2.05) is 0 Å². The summed E-state index contributed by atoms with van der Waals surface area (Å²) >= 11 is 0. The van der Waals surface area contributed by atoms with E-state index in [-0.39, 0.29) is 5.92 Å². The van der Waals surface area contributed by atoms with E-state index in [0.29, 0.717) is 5.92 Å². The van der Waals surface area contributed by atoms with Crippen molar-refractivity contribution in [3.05, 3.63) is 12.2 Å². The molecule has 0 unspecified atom stereocenters. The molecule has 1 rings (SSSR count). The molecule has 0 heterocycles. The Hall–Kier alpha value is -0.790. The molecule has 12 heavy (non-hydrogen) atoms. The molecule has 2 heteroatoms. The van der Waals surface area contributed by atoms with E-state index < -0.39 is 5.97 Å². The lowest BCUT2D eigenvalue weighted by Crippen LogP contribution is -1.97. The first kappa shape index (κ1) is 9.30. The van der Waals surface area contributed by atoms with Crippen molar-refractivity contribution in [1.82, 2.24) is 0 Å². The van der Waals surface area contributed by atoms with E-state index in [0.717, 1.165) is 12.8 Å². The quantitative estimate of drug-likeness (QED) is 0.505. The lowest BCUT2D eigenvalue weighted by molar-refractivity contribution is -0.138. The van der Waals surface area contributed by atoms with E-state index in [9.17, 15) is 4.79 Å². The first-order chi connectivity index (χ1) is 5.75. The summed E-state index contributed by atoms with van der Waals surface area (Å²) in [6.45, 7) is 2.16. The Morgan fingerprint density at radius 3 is 2.92 bits per heavy atom. The van der Waals surface area contributed by atoms with E-state index in [2.05, 4.69) is 19.1 Å². The van der Waals surface area contributed by atoms with Crippen molar-refractivity contribution >= 4 is 5.97 Å². The molecule has 0 saturated heterocycles. The first-order valence-corrected chi connectivity index (χ1v) is 4.65. The highest BCUT2D eigenvalue weighted by atomic mass is 16.4. The minimum atomic E-state index is -0.639. The standard InChI is InChI=1S/C10H16O2/c1-2-3-4-5-6-8-7-9(8)10(11)12/h5-6,8-9H,2-4,7H2,1H3,(H,11,12)/b6-5-/t8-,9+/m0/s1. The maximum absolute atomic E-state index is 10.4. The van der Waals surface area contributed by atoms with Crippen LogP contribution in [-0.4, -0.2) is 11.1 Å². The van der Waals surface area contributed by atoms with Gasteiger partial charge in [0.15, 0.2) is 0 Å². The molecule has 0 aromatic rings. The average molecular weight is 168 g/mol. The minimum Gasteiger partial charge on any atom is -0.481 e. The second-order valence-corrected chi connectivity index (χ2v) is 3.41. The number of aliphatic carboxylic acids is 1. The Kier molecular flexibility index (Phi) is 3.32. The third-order valence-corrected chi connectivity index (χ3v) is 2.26. The summed E-state index contributed by atoms with van der Waals surface area (Å²) in [5.74, 6) is -0.387. The SMILES string of the molecule is CCCC/C=C\[C@H]1C[C@H]1C(=O)O. The predicted octanol–water partition coefficient (Wildman–Crippen LogP) is 2.45. The minimum absolute atomic E-state index is 0.0807. The summed E-state index contributed by atoms with van der Waals surface area (Å²) in [6.07, 6.45) is 8.54. The largest absolute Gasteiger partial charge is 0.481 e. The molecule has 0 radical (unpaired) electrons. The van der Waals surface area contributed by atoms with Crippen LogP contribution < -0.4 is 0 Å². The molecule has 2 nitrogen and oxygen atoms in total. The van der Waals surface area contributed by atoms with Gasteiger partial charge in [0, 0.05) is 0 Å². The lowest BCUT2D eigenvalue weighted by atomic mass is 10.2. The molecule has 0 aromatic heterocycles. The van der Waals surface area contributed by atoms with Crippen LogP contribution >= 0.6 is 0 Å². The highest BCUT2D eigenvalue weighted by Gasteiger charge is 2.40. The zero-order valence-corrected chi connectivity index (χ0v) is 7.49. The van der Waals surface area contributed by atoms with Gasteiger partial charge < -0.3 is 5.11 Å². The van der Waals surface area contributed by atoms with Crippen LogP contribution in [0.4, 0.5) is 0 Å². The number of rotatable bonds is 5. The third kappa shape index (κ3) is 2.68. The summed E-state index contributed by atoms with van der Waals surface area (Å²) in [6, 6.07) is 0. The Morgan fingerprint density at radius 2 is 2.42 bits per heavy atom. The van der Waals surface area contributed by atoms with Crippen molar-refractivity contribution in [1.29, 1.82) is 0 Å². The normalized spacial score (nSPS) is 27.8. The van der Waals surface area contributed by atoms with Crippen molar-refractivity contribution in [3.63, 3.8) is 0 Å². The fraction of sp³-hybridized carbons (Fsp3) is 0.700. The van der Waals surface area contributed by atoms with Crippen molar-refractivity contribution in [3.8, 4) is 0 Å². The summed E-state index contributed by atoms with van der Waals surface area (Å²) in [7, 11) is 0. The van der Waals surface area contributed by atoms with Crippen LogP contribution in [0.1, 0.15) is 32.6 Å². The number of carboxylic acid groups (broad SMARTS) is 1. The Morgan fingerprint density at radius 1 is 1.67 bits per heavy atom. The van der Waals surface area contributed by atoms with Gasteiger partial charge in [-0.15, -0.1) is 0 Å². The van der Waals surface area contributed by atoms with Crippen molar-refractivity contribution in [2.45, 2.75) is 32.6 Å². The molecule has 1 aliphatic rings. The summed E-state index contributed by atoms with van der Waals surface area (Å²) < 4.78 is 0. The Balaban J connectivity index is 2.10. The molecule has 0 aromatic carbocycles. The summed E-state index contributed by atoms with van der Waals surface area (Å²) in [4.78, 5) is 10.4. The van der Waals surface area contributed by atoms with Gasteiger partial charge in [-0.3, -0.25) is 4.79 Å². The zero-order chi connectivity index (χ0) is 8.97. The van der Waals surface area contributed by atoms with Crippen LogP contribution in [0.25, 0.3) is 0 Å². The highest BCUT2D eigenvalue weighted by molar-refractivity contribution is 5.73. The summed E-state index contributed by atoms with van der Waals surface area (Å²) in [5.41, 5.74) is 0. The molecule has 1 aliphatic carbocycles. The topological polar surface area (TPSA) is 37.3 Å². The summed E-state index contributed by atoms with van der Waals surface area (Å²) in [5, 5.41) is 8.59. The fourth-order valence-corrected chi connectivity index (χ4v) is 1.30. The van der Waals surface area contributed by atoms with Gasteiger partial charge in [0.05, 0.1) is 5.92 Å². The molecule has 1 N–H and O–H groups in total. The molecular weight excluding hydrogens is 152 g/mol. The van der Waals surface area contributed by atoms with Crippen LogP contribution in [0.3, 0.4) is 0 Å². The highest BCUT2D eigenvalue weighted by Crippen LogP contribution is 2.39. The average Bonchev–Trinajstić information content (AvgIpc) is 2.77. The van der Waals surface area contributed by atoms with Gasteiger partial charge in [0.25, 0.3) is 0 Å². The van der Waals surface area contributed by atoms with E-state index in [1.165, 1.54) is 12.8 Å². The van der Waals surface area contributed by atoms with Crippen molar-refractivity contribution in [2.75, 3.05) is 0 Å². The van der Waals surface area contributed by atoms with Gasteiger partial charge in [-0.05, 0) is 18.8 Å². The molecule has 68 valence electrons. The van der Waals surface area contributed by atoms with Gasteiger partial charge in [-0.2, -0.15) is 0 Å². The molecule has 1 fully saturated rings. The first-order valence-electron chi connectivity index (χ1n) is 4.65. The number of allylic oxidation sites excluding steroid dienone is 2. The van der Waals surface area contributed by atoms with Gasteiger partial charge >= 0.3 is 5.97 Å². The van der Waals surface area contributed by atoms with Crippen molar-refractivity contribution < 1.29 is 9.90 Å². The number of carboxylic acids is 1. The molecule has 2 atom stereocenters. The van der Waals surface area contributed by atoms with Crippen LogP contribution in [-0.2, 0) is 4.79 Å². The van der Waals surface area contributed by atoms with Crippen LogP contribution in [0.5, 0.6) is 0 Å². The second kappa shape index (κ2) is 4.29. The van der Waals surface area contributed by atoms with Crippen LogP contribution in [0.15, 0.2) is 12.2 Å². The van der Waals surface area contributed by atoms with Gasteiger partial charge in [0.1, 0.15) is 0 Å². The van der Waals surface area contributed by atoms with Gasteiger partial charge in [-0.25, -0.2) is 0 Å². The lowest BCUT2D eigenvalue weighted by Gasteiger charge is -1.88. The van der Waals surface area contributed by atoms with Crippen LogP contribution in [0, 0.1) is 11.8 Å². The second-order valence-electron chi connectivity index (χ2n) is 3.41. The van der Waals surface area contributed by atoms with Gasteiger partial charge in [-0.1, -0.05) is 31.9 Å². The predicted molar refractivity (Wildman–Crippen MR) is 47.9 cm³/mol. The number of hydrogen-bond acceptors (Lipinski definition) is 1. The Labute approximate surface area is 73.3 Å². The fourth-order valence-electron chi connectivity index (χ4n) is 1.30. The molecule has 0 aliphatic heterocycles. The van der Waals surface area contributed by atoms with E-state index in [4.69, 9.17) is 5.11 Å². The molecular formula is C10H16O2. The molecule has 0 amide bonds. The maximum atomic E-state index is 10.4. The molecule has 0 spiro atoms. The number of hydrogen-bond donors (Lipinski definition) is 1. The van der Waals surface area contributed by atoms with Crippen molar-refractivity contribution in [2.24, 2.45) is 11.8 Å². The van der Waals surface area contributed by atoms with Gasteiger partial charge in [0.2, 0.25) is 0 Å². The van der Waals surface area contributed by atoms with E-state index in [1.54, 1.807) is 0 Å².